The van der Waals surface area contributed by atoms with Gasteiger partial charge in [0.1, 0.15) is 0 Å². The van der Waals surface area contributed by atoms with E-state index in [1.807, 2.05) is 6.92 Å². The van der Waals surface area contributed by atoms with E-state index in [2.05, 4.69) is 30.2 Å². The summed E-state index contributed by atoms with van der Waals surface area (Å²) in [6.07, 6.45) is 3.05. The molecule has 3 nitrogen and oxygen atoms in total. The Hall–Kier alpha value is -1.39. The molecule has 2 rings (SSSR count). The quantitative estimate of drug-likeness (QED) is 0.933. The van der Waals surface area contributed by atoms with Crippen LogP contribution in [0.15, 0.2) is 24.5 Å². The van der Waals surface area contributed by atoms with E-state index in [4.69, 9.17) is 11.6 Å². The minimum atomic E-state index is -0.200. The number of aryl methyl sites for hydroxylation is 2. The van der Waals surface area contributed by atoms with Crippen molar-refractivity contribution in [3.63, 3.8) is 0 Å². The zero-order chi connectivity index (χ0) is 14.0. The predicted molar refractivity (Wildman–Crippen MR) is 78.9 cm³/mol. The van der Waals surface area contributed by atoms with Crippen LogP contribution in [0, 0.1) is 13.8 Å². The van der Waals surface area contributed by atoms with Gasteiger partial charge in [0.2, 0.25) is 0 Å². The van der Waals surface area contributed by atoms with Crippen LogP contribution in [-0.4, -0.2) is 10.9 Å². The molecule has 0 saturated carbocycles. The number of halogens is 1. The van der Waals surface area contributed by atoms with E-state index in [1.165, 1.54) is 16.0 Å². The maximum absolute atomic E-state index is 12.1. The summed E-state index contributed by atoms with van der Waals surface area (Å²) in [5.74, 6) is -0.200. The Kier molecular flexibility index (Phi) is 4.22. The van der Waals surface area contributed by atoms with Crippen molar-refractivity contribution in [2.24, 2.45) is 0 Å². The first-order valence-corrected chi connectivity index (χ1v) is 7.15. The Labute approximate surface area is 121 Å². The number of carbonyl (C=O) groups excluding carboxylic acids is 1. The van der Waals surface area contributed by atoms with Crippen LogP contribution in [0.1, 0.15) is 38.6 Å². The minimum Gasteiger partial charge on any atom is -0.345 e. The van der Waals surface area contributed by atoms with E-state index in [0.717, 1.165) is 5.56 Å². The molecule has 100 valence electrons. The lowest BCUT2D eigenvalue weighted by Gasteiger charge is -2.14. The lowest BCUT2D eigenvalue weighted by atomic mass is 10.1. The van der Waals surface area contributed by atoms with Gasteiger partial charge in [-0.15, -0.1) is 11.3 Å². The number of aromatic nitrogens is 1. The first kappa shape index (κ1) is 14.0. The van der Waals surface area contributed by atoms with E-state index in [1.54, 1.807) is 23.6 Å². The number of amides is 1. The summed E-state index contributed by atoms with van der Waals surface area (Å²) in [6.45, 7) is 6.09. The van der Waals surface area contributed by atoms with Crippen molar-refractivity contribution in [3.05, 3.63) is 50.4 Å². The van der Waals surface area contributed by atoms with Crippen molar-refractivity contribution >= 4 is 28.8 Å². The molecule has 2 aromatic heterocycles. The smallest absolute Gasteiger partial charge is 0.254 e. The molecule has 1 N–H and O–H groups in total. The molecule has 1 atom stereocenters. The third-order valence-corrected chi connectivity index (χ3v) is 4.22. The van der Waals surface area contributed by atoms with Gasteiger partial charge in [0.05, 0.1) is 16.6 Å². The van der Waals surface area contributed by atoms with Gasteiger partial charge < -0.3 is 5.32 Å². The Morgan fingerprint density at radius 3 is 2.79 bits per heavy atom. The Morgan fingerprint density at radius 1 is 1.47 bits per heavy atom. The third-order valence-electron chi connectivity index (χ3n) is 2.91. The number of rotatable bonds is 3. The van der Waals surface area contributed by atoms with Gasteiger partial charge in [-0.3, -0.25) is 9.78 Å². The first-order valence-electron chi connectivity index (χ1n) is 5.96. The summed E-state index contributed by atoms with van der Waals surface area (Å²) >= 11 is 7.72. The van der Waals surface area contributed by atoms with Crippen LogP contribution in [0.25, 0.3) is 0 Å². The van der Waals surface area contributed by atoms with Crippen LogP contribution < -0.4 is 5.32 Å². The fourth-order valence-corrected chi connectivity index (χ4v) is 3.19. The summed E-state index contributed by atoms with van der Waals surface area (Å²) < 4.78 is 0. The van der Waals surface area contributed by atoms with E-state index >= 15 is 0 Å². The highest BCUT2D eigenvalue weighted by Crippen LogP contribution is 2.26. The second kappa shape index (κ2) is 5.72. The highest BCUT2D eigenvalue weighted by atomic mass is 35.5. The van der Waals surface area contributed by atoms with Crippen LogP contribution in [0.5, 0.6) is 0 Å². The fraction of sp³-hybridized carbons (Fsp3) is 0.286. The molecule has 0 aliphatic rings. The zero-order valence-corrected chi connectivity index (χ0v) is 12.6. The van der Waals surface area contributed by atoms with Crippen molar-refractivity contribution in [1.82, 2.24) is 10.3 Å². The lowest BCUT2D eigenvalue weighted by Crippen LogP contribution is -2.27. The van der Waals surface area contributed by atoms with Gasteiger partial charge >= 0.3 is 0 Å². The number of thiophene rings is 1. The normalized spacial score (nSPS) is 12.2. The largest absolute Gasteiger partial charge is 0.345 e. The van der Waals surface area contributed by atoms with E-state index in [9.17, 15) is 4.79 Å². The Bertz CT molecular complexity index is 609. The molecule has 0 bridgehead atoms. The summed E-state index contributed by atoms with van der Waals surface area (Å²) in [5, 5.41) is 3.37. The van der Waals surface area contributed by atoms with Crippen LogP contribution in [0.4, 0.5) is 0 Å². The molecule has 2 aromatic rings. The van der Waals surface area contributed by atoms with Crippen molar-refractivity contribution in [3.8, 4) is 0 Å². The van der Waals surface area contributed by atoms with Gasteiger partial charge in [-0.1, -0.05) is 11.6 Å². The van der Waals surface area contributed by atoms with Crippen molar-refractivity contribution in [2.45, 2.75) is 26.8 Å². The standard InChI is InChI=1S/C14H15ClN2OS/c1-8-6-11(10(3)19-8)9(2)17-14(18)12-7-16-5-4-13(12)15/h4-7,9H,1-3H3,(H,17,18). The highest BCUT2D eigenvalue weighted by Gasteiger charge is 2.16. The predicted octanol–water partition coefficient (Wildman–Crippen LogP) is 3.90. The third kappa shape index (κ3) is 3.14. The molecule has 0 radical (unpaired) electrons. The van der Waals surface area contributed by atoms with E-state index in [0.29, 0.717) is 10.6 Å². The number of hydrogen-bond donors (Lipinski definition) is 1. The van der Waals surface area contributed by atoms with E-state index in [-0.39, 0.29) is 11.9 Å². The molecule has 5 heteroatoms. The molecular weight excluding hydrogens is 280 g/mol. The van der Waals surface area contributed by atoms with Crippen molar-refractivity contribution in [1.29, 1.82) is 0 Å². The molecule has 0 aliphatic heterocycles. The number of carbonyl (C=O) groups is 1. The summed E-state index contributed by atoms with van der Waals surface area (Å²) in [4.78, 5) is 18.5. The molecule has 0 spiro atoms. The van der Waals surface area contributed by atoms with Gasteiger partial charge in [0.25, 0.3) is 5.91 Å². The lowest BCUT2D eigenvalue weighted by molar-refractivity contribution is 0.0939. The van der Waals surface area contributed by atoms with Crippen molar-refractivity contribution < 1.29 is 4.79 Å². The van der Waals surface area contributed by atoms with E-state index < -0.39 is 0 Å². The summed E-state index contributed by atoms with van der Waals surface area (Å²) in [5.41, 5.74) is 1.55. The maximum Gasteiger partial charge on any atom is 0.254 e. The maximum atomic E-state index is 12.1. The SMILES string of the molecule is Cc1cc(C(C)NC(=O)c2cnccc2Cl)c(C)s1. The number of pyridine rings is 1. The average Bonchev–Trinajstić information content (AvgIpc) is 2.69. The topological polar surface area (TPSA) is 42.0 Å². The van der Waals surface area contributed by atoms with Gasteiger partial charge in [0.15, 0.2) is 0 Å². The highest BCUT2D eigenvalue weighted by molar-refractivity contribution is 7.12. The van der Waals surface area contributed by atoms with Crippen LogP contribution >= 0.6 is 22.9 Å². The number of nitrogens with zero attached hydrogens (tertiary/aromatic N) is 1. The summed E-state index contributed by atoms with van der Waals surface area (Å²) in [6, 6.07) is 3.67. The molecular formula is C14H15ClN2OS. The first-order chi connectivity index (χ1) is 8.99. The molecule has 1 amide bonds. The van der Waals surface area contributed by atoms with Crippen molar-refractivity contribution in [2.75, 3.05) is 0 Å². The molecule has 0 saturated heterocycles. The van der Waals surface area contributed by atoms with Crippen LogP contribution in [-0.2, 0) is 0 Å². The second-order valence-corrected chi connectivity index (χ2v) is 6.29. The van der Waals surface area contributed by atoms with Gasteiger partial charge in [-0.05, 0) is 38.5 Å². The molecule has 0 aromatic carbocycles. The van der Waals surface area contributed by atoms with Crippen LogP contribution in [0.3, 0.4) is 0 Å². The van der Waals surface area contributed by atoms with Crippen LogP contribution in [0.2, 0.25) is 5.02 Å². The van der Waals surface area contributed by atoms with Gasteiger partial charge in [-0.25, -0.2) is 0 Å². The second-order valence-electron chi connectivity index (χ2n) is 4.42. The molecule has 2 heterocycles. The molecule has 0 aliphatic carbocycles. The number of nitrogens with one attached hydrogen (secondary N) is 1. The molecule has 0 fully saturated rings. The summed E-state index contributed by atoms with van der Waals surface area (Å²) in [7, 11) is 0. The molecule has 19 heavy (non-hydrogen) atoms. The number of hydrogen-bond acceptors (Lipinski definition) is 3. The van der Waals surface area contributed by atoms with Gasteiger partial charge in [-0.2, -0.15) is 0 Å². The zero-order valence-electron chi connectivity index (χ0n) is 11.0. The fourth-order valence-electron chi connectivity index (χ4n) is 1.98. The molecule has 1 unspecified atom stereocenters. The Balaban J connectivity index is 2.15. The average molecular weight is 295 g/mol. The Morgan fingerprint density at radius 2 is 2.21 bits per heavy atom. The minimum absolute atomic E-state index is 0.0475. The monoisotopic (exact) mass is 294 g/mol. The van der Waals surface area contributed by atoms with Gasteiger partial charge in [0, 0.05) is 22.1 Å².